The summed E-state index contributed by atoms with van der Waals surface area (Å²) in [6, 6.07) is 4.65. The lowest BCUT2D eigenvalue weighted by atomic mass is 9.96. The number of thiophene rings is 1. The Kier molecular flexibility index (Phi) is 4.19. The van der Waals surface area contributed by atoms with Gasteiger partial charge in [0.15, 0.2) is 16.8 Å². The van der Waals surface area contributed by atoms with E-state index in [1.165, 1.54) is 12.8 Å². The first-order valence-corrected chi connectivity index (χ1v) is 10.2. The summed E-state index contributed by atoms with van der Waals surface area (Å²) in [6.45, 7) is 8.31. The Bertz CT molecular complexity index is 858. The third-order valence-electron chi connectivity index (χ3n) is 4.06. The summed E-state index contributed by atoms with van der Waals surface area (Å²) in [4.78, 5) is 5.73. The largest absolute Gasteiger partial charge is 0.338 e. The molecule has 0 saturated heterocycles. The van der Waals surface area contributed by atoms with Crippen LogP contribution in [-0.2, 0) is 5.41 Å². The van der Waals surface area contributed by atoms with Gasteiger partial charge in [0, 0.05) is 11.5 Å². The molecule has 0 amide bonds. The molecule has 1 atom stereocenters. The first kappa shape index (κ1) is 16.8. The van der Waals surface area contributed by atoms with Gasteiger partial charge in [-0.1, -0.05) is 43.8 Å². The van der Waals surface area contributed by atoms with Crippen molar-refractivity contribution in [2.45, 2.75) is 62.4 Å². The first-order valence-electron chi connectivity index (χ1n) is 8.43. The molecule has 0 aliphatic heterocycles. The Morgan fingerprint density at radius 2 is 2.12 bits per heavy atom. The number of rotatable bonds is 5. The van der Waals surface area contributed by atoms with E-state index in [2.05, 4.69) is 64.0 Å². The zero-order valence-corrected chi connectivity index (χ0v) is 16.4. The van der Waals surface area contributed by atoms with Crippen LogP contribution in [0.3, 0.4) is 0 Å². The third-order valence-corrected chi connectivity index (χ3v) is 5.97. The molecule has 1 aliphatic rings. The van der Waals surface area contributed by atoms with Crippen LogP contribution >= 0.6 is 23.1 Å². The van der Waals surface area contributed by atoms with E-state index < -0.39 is 0 Å². The highest BCUT2D eigenvalue weighted by Crippen LogP contribution is 2.44. The highest BCUT2D eigenvalue weighted by atomic mass is 32.2. The van der Waals surface area contributed by atoms with E-state index in [1.54, 1.807) is 23.1 Å². The average Bonchev–Trinajstić information content (AvgIpc) is 3.01. The van der Waals surface area contributed by atoms with E-state index in [4.69, 9.17) is 4.52 Å². The van der Waals surface area contributed by atoms with Crippen molar-refractivity contribution < 1.29 is 4.52 Å². The third kappa shape index (κ3) is 3.37. The van der Waals surface area contributed by atoms with E-state index >= 15 is 0 Å². The van der Waals surface area contributed by atoms with Crippen molar-refractivity contribution in [2.24, 2.45) is 0 Å². The molecule has 4 rings (SSSR count). The molecule has 0 spiro atoms. The second-order valence-electron chi connectivity index (χ2n) is 7.35. The van der Waals surface area contributed by atoms with Gasteiger partial charge in [-0.05, 0) is 31.2 Å². The Balaban J connectivity index is 1.59. The van der Waals surface area contributed by atoms with E-state index in [0.29, 0.717) is 11.9 Å². The molecule has 6 nitrogen and oxygen atoms in total. The summed E-state index contributed by atoms with van der Waals surface area (Å²) >= 11 is 3.33. The van der Waals surface area contributed by atoms with E-state index in [1.807, 2.05) is 6.07 Å². The summed E-state index contributed by atoms with van der Waals surface area (Å²) in [7, 11) is 0. The van der Waals surface area contributed by atoms with Gasteiger partial charge >= 0.3 is 0 Å². The maximum absolute atomic E-state index is 5.48. The van der Waals surface area contributed by atoms with Gasteiger partial charge in [-0.25, -0.2) is 0 Å². The topological polar surface area (TPSA) is 69.6 Å². The number of hydrogen-bond donors (Lipinski definition) is 0. The fraction of sp³-hybridized carbons (Fsp3) is 0.529. The molecule has 1 fully saturated rings. The second kappa shape index (κ2) is 6.25. The van der Waals surface area contributed by atoms with E-state index in [9.17, 15) is 0 Å². The molecule has 0 bridgehead atoms. The molecule has 1 unspecified atom stereocenters. The molecule has 0 N–H and O–H groups in total. The minimum absolute atomic E-state index is 0.0292. The molecular weight excluding hydrogens is 354 g/mol. The van der Waals surface area contributed by atoms with Crippen molar-refractivity contribution in [3.63, 3.8) is 0 Å². The highest BCUT2D eigenvalue weighted by Gasteiger charge is 2.32. The number of hydrogen-bond acceptors (Lipinski definition) is 7. The fourth-order valence-corrected chi connectivity index (χ4v) is 4.16. The predicted octanol–water partition coefficient (Wildman–Crippen LogP) is 4.88. The Labute approximate surface area is 155 Å². The normalized spacial score (nSPS) is 16.3. The first-order chi connectivity index (χ1) is 11.9. The molecule has 1 aliphatic carbocycles. The average molecular weight is 376 g/mol. The molecule has 1 saturated carbocycles. The van der Waals surface area contributed by atoms with Crippen molar-refractivity contribution in [1.82, 2.24) is 24.9 Å². The van der Waals surface area contributed by atoms with Gasteiger partial charge < -0.3 is 4.52 Å². The molecule has 132 valence electrons. The van der Waals surface area contributed by atoms with Crippen LogP contribution in [0.2, 0.25) is 0 Å². The highest BCUT2D eigenvalue weighted by molar-refractivity contribution is 7.99. The molecule has 8 heteroatoms. The summed E-state index contributed by atoms with van der Waals surface area (Å²) < 4.78 is 7.75. The van der Waals surface area contributed by atoms with Crippen molar-refractivity contribution in [3.05, 3.63) is 29.2 Å². The van der Waals surface area contributed by atoms with Gasteiger partial charge in [0.25, 0.3) is 0 Å². The van der Waals surface area contributed by atoms with E-state index in [-0.39, 0.29) is 10.7 Å². The summed E-state index contributed by atoms with van der Waals surface area (Å²) in [5.74, 6) is 2.34. The Hall–Kier alpha value is -1.67. The zero-order chi connectivity index (χ0) is 17.6. The lowest BCUT2D eigenvalue weighted by molar-refractivity contribution is 0.364. The van der Waals surface area contributed by atoms with Gasteiger partial charge in [0.2, 0.25) is 5.89 Å². The van der Waals surface area contributed by atoms with E-state index in [0.717, 1.165) is 21.7 Å². The predicted molar refractivity (Wildman–Crippen MR) is 98.9 cm³/mol. The van der Waals surface area contributed by atoms with Crippen LogP contribution < -0.4 is 0 Å². The molecule has 3 aromatic rings. The molecule has 3 heterocycles. The van der Waals surface area contributed by atoms with Gasteiger partial charge in [-0.3, -0.25) is 4.57 Å². The summed E-state index contributed by atoms with van der Waals surface area (Å²) in [5.41, 5.74) is -0.119. The maximum atomic E-state index is 5.48. The standard InChI is InChI=1S/C17H21N5OS2/c1-10(14-18-15(21-23-14)17(2,3)4)25-16-20-19-13(12-6-5-9-24-12)22(16)11-7-8-11/h5-6,9-11H,7-8H2,1-4H3. The number of aromatic nitrogens is 5. The van der Waals surface area contributed by atoms with Crippen LogP contribution in [0.4, 0.5) is 0 Å². The lowest BCUT2D eigenvalue weighted by Crippen LogP contribution is -2.13. The molecule has 25 heavy (non-hydrogen) atoms. The minimum atomic E-state index is -0.119. The molecule has 3 aromatic heterocycles. The maximum Gasteiger partial charge on any atom is 0.239 e. The minimum Gasteiger partial charge on any atom is -0.338 e. The zero-order valence-electron chi connectivity index (χ0n) is 14.8. The molecule has 0 radical (unpaired) electrons. The smallest absolute Gasteiger partial charge is 0.239 e. The Morgan fingerprint density at radius 3 is 2.72 bits per heavy atom. The second-order valence-corrected chi connectivity index (χ2v) is 9.61. The van der Waals surface area contributed by atoms with Crippen molar-refractivity contribution in [2.75, 3.05) is 0 Å². The van der Waals surface area contributed by atoms with Crippen LogP contribution in [0.15, 0.2) is 27.2 Å². The number of thioether (sulfide) groups is 1. The monoisotopic (exact) mass is 375 g/mol. The summed E-state index contributed by atoms with van der Waals surface area (Å²) in [5, 5.41) is 16.0. The van der Waals surface area contributed by atoms with Crippen molar-refractivity contribution in [1.29, 1.82) is 0 Å². The number of nitrogens with zero attached hydrogens (tertiary/aromatic N) is 5. The van der Waals surface area contributed by atoms with Gasteiger partial charge in [0.05, 0.1) is 10.1 Å². The van der Waals surface area contributed by atoms with Crippen LogP contribution in [0, 0.1) is 0 Å². The van der Waals surface area contributed by atoms with Crippen molar-refractivity contribution >= 4 is 23.1 Å². The van der Waals surface area contributed by atoms with Crippen LogP contribution in [-0.4, -0.2) is 24.9 Å². The lowest BCUT2D eigenvalue weighted by Gasteiger charge is -2.11. The quantitative estimate of drug-likeness (QED) is 0.592. The van der Waals surface area contributed by atoms with Crippen molar-refractivity contribution in [3.8, 4) is 10.7 Å². The Morgan fingerprint density at radius 1 is 1.32 bits per heavy atom. The fourth-order valence-electron chi connectivity index (χ4n) is 2.51. The SMILES string of the molecule is CC(Sc1nnc(-c2cccs2)n1C1CC1)c1nc(C(C)(C)C)no1. The summed E-state index contributed by atoms with van der Waals surface area (Å²) in [6.07, 6.45) is 2.38. The van der Waals surface area contributed by atoms with Crippen LogP contribution in [0.5, 0.6) is 0 Å². The molecular formula is C17H21N5OS2. The van der Waals surface area contributed by atoms with Gasteiger partial charge in [0.1, 0.15) is 0 Å². The van der Waals surface area contributed by atoms with Gasteiger partial charge in [-0.15, -0.1) is 21.5 Å². The van der Waals surface area contributed by atoms with Gasteiger partial charge in [-0.2, -0.15) is 4.98 Å². The molecule has 0 aromatic carbocycles. The van der Waals surface area contributed by atoms with Crippen LogP contribution in [0.1, 0.15) is 63.5 Å². The van der Waals surface area contributed by atoms with Crippen LogP contribution in [0.25, 0.3) is 10.7 Å².